The Morgan fingerprint density at radius 3 is 2.86 bits per heavy atom. The molecule has 1 unspecified atom stereocenters. The standard InChI is InChI=1S/C15H21N3O2S/c19-21(20)17-7-6-12-4-5-14-13(10-12)15(11-16-14)18-8-2-1-3-9-18/h4-5,10-11,16-17H,1-3,6-9H2,(H,19,20)/p-1. The van der Waals surface area contributed by atoms with E-state index in [0.29, 0.717) is 13.0 Å². The minimum Gasteiger partial charge on any atom is -0.760 e. The SMILES string of the molecule is O=S([O-])NCCc1ccc2[nH]cc(N3CCCCC3)c2c1. The van der Waals surface area contributed by atoms with E-state index in [0.717, 1.165) is 24.2 Å². The highest BCUT2D eigenvalue weighted by Gasteiger charge is 2.14. The molecule has 0 spiro atoms. The summed E-state index contributed by atoms with van der Waals surface area (Å²) in [5, 5.41) is 1.23. The maximum Gasteiger partial charge on any atom is 0.0624 e. The number of rotatable bonds is 5. The van der Waals surface area contributed by atoms with E-state index in [1.165, 1.54) is 30.3 Å². The van der Waals surface area contributed by atoms with Crippen molar-refractivity contribution in [1.29, 1.82) is 0 Å². The molecule has 1 aromatic heterocycles. The molecule has 1 fully saturated rings. The number of nitrogens with one attached hydrogen (secondary N) is 2. The van der Waals surface area contributed by atoms with E-state index in [1.807, 2.05) is 6.07 Å². The lowest BCUT2D eigenvalue weighted by atomic mass is 10.1. The summed E-state index contributed by atoms with van der Waals surface area (Å²) in [4.78, 5) is 5.77. The predicted molar refractivity (Wildman–Crippen MR) is 85.0 cm³/mol. The number of hydrogen-bond acceptors (Lipinski definition) is 3. The van der Waals surface area contributed by atoms with Gasteiger partial charge in [0.1, 0.15) is 0 Å². The second kappa shape index (κ2) is 6.60. The van der Waals surface area contributed by atoms with Gasteiger partial charge in [0.15, 0.2) is 0 Å². The first-order valence-corrected chi connectivity index (χ1v) is 8.49. The van der Waals surface area contributed by atoms with Crippen molar-refractivity contribution in [3.8, 4) is 0 Å². The molecule has 1 atom stereocenters. The van der Waals surface area contributed by atoms with Gasteiger partial charge in [-0.15, -0.1) is 0 Å². The zero-order valence-corrected chi connectivity index (χ0v) is 12.7. The summed E-state index contributed by atoms with van der Waals surface area (Å²) in [7, 11) is 0. The molecule has 3 rings (SSSR count). The van der Waals surface area contributed by atoms with Gasteiger partial charge in [-0.25, -0.2) is 4.72 Å². The van der Waals surface area contributed by atoms with Crippen molar-refractivity contribution in [2.75, 3.05) is 24.5 Å². The Labute approximate surface area is 127 Å². The first kappa shape index (κ1) is 14.6. The normalized spacial score (nSPS) is 17.3. The fraction of sp³-hybridized carbons (Fsp3) is 0.467. The first-order valence-electron chi connectivity index (χ1n) is 7.42. The molecule has 5 nitrogen and oxygen atoms in total. The van der Waals surface area contributed by atoms with Crippen LogP contribution in [0.25, 0.3) is 10.9 Å². The van der Waals surface area contributed by atoms with Gasteiger partial charge in [0.05, 0.1) is 5.69 Å². The molecular weight excluding hydrogens is 286 g/mol. The van der Waals surface area contributed by atoms with Crippen molar-refractivity contribution in [3.05, 3.63) is 30.0 Å². The minimum atomic E-state index is -2.18. The van der Waals surface area contributed by atoms with Gasteiger partial charge in [0.25, 0.3) is 0 Å². The summed E-state index contributed by atoms with van der Waals surface area (Å²) in [6.07, 6.45) is 6.62. The molecule has 1 aromatic carbocycles. The van der Waals surface area contributed by atoms with Crippen molar-refractivity contribution in [2.24, 2.45) is 0 Å². The van der Waals surface area contributed by atoms with E-state index in [1.54, 1.807) is 0 Å². The van der Waals surface area contributed by atoms with Crippen LogP contribution in [0.1, 0.15) is 24.8 Å². The van der Waals surface area contributed by atoms with Crippen LogP contribution in [-0.2, 0) is 17.7 Å². The second-order valence-electron chi connectivity index (χ2n) is 5.48. The Hall–Kier alpha value is -1.37. The molecule has 114 valence electrons. The number of H-pyrrole nitrogens is 1. The van der Waals surface area contributed by atoms with E-state index in [2.05, 4.69) is 32.9 Å². The number of benzene rings is 1. The zero-order chi connectivity index (χ0) is 14.7. The molecule has 1 saturated heterocycles. The molecule has 0 amide bonds. The lowest BCUT2D eigenvalue weighted by Gasteiger charge is -2.28. The quantitative estimate of drug-likeness (QED) is 0.831. The van der Waals surface area contributed by atoms with Gasteiger partial charge in [-0.2, -0.15) is 0 Å². The van der Waals surface area contributed by atoms with Crippen LogP contribution in [0, 0.1) is 0 Å². The number of hydrogen-bond donors (Lipinski definition) is 2. The number of aromatic nitrogens is 1. The van der Waals surface area contributed by atoms with Gasteiger partial charge in [0, 0.05) is 48.0 Å². The summed E-state index contributed by atoms with van der Waals surface area (Å²) in [5.74, 6) is 0. The summed E-state index contributed by atoms with van der Waals surface area (Å²) in [5.41, 5.74) is 3.56. The molecule has 6 heteroatoms. The Balaban J connectivity index is 1.80. The van der Waals surface area contributed by atoms with Crippen molar-refractivity contribution in [1.82, 2.24) is 9.71 Å². The monoisotopic (exact) mass is 306 g/mol. The van der Waals surface area contributed by atoms with Crippen molar-refractivity contribution >= 4 is 27.9 Å². The summed E-state index contributed by atoms with van der Waals surface area (Å²) >= 11 is -2.18. The van der Waals surface area contributed by atoms with Crippen molar-refractivity contribution in [3.63, 3.8) is 0 Å². The molecule has 0 aliphatic carbocycles. The smallest absolute Gasteiger partial charge is 0.0624 e. The van der Waals surface area contributed by atoms with Gasteiger partial charge in [0.2, 0.25) is 0 Å². The predicted octanol–water partition coefficient (Wildman–Crippen LogP) is 2.08. The van der Waals surface area contributed by atoms with Gasteiger partial charge < -0.3 is 14.4 Å². The number of fused-ring (bicyclic) bond motifs is 1. The van der Waals surface area contributed by atoms with Crippen LogP contribution in [0.2, 0.25) is 0 Å². The molecule has 21 heavy (non-hydrogen) atoms. The van der Waals surface area contributed by atoms with E-state index < -0.39 is 11.3 Å². The Kier molecular flexibility index (Phi) is 4.57. The van der Waals surface area contributed by atoms with Crippen molar-refractivity contribution < 1.29 is 8.76 Å². The average Bonchev–Trinajstić information content (AvgIpc) is 2.91. The number of piperidine rings is 1. The average molecular weight is 306 g/mol. The highest BCUT2D eigenvalue weighted by molar-refractivity contribution is 7.77. The van der Waals surface area contributed by atoms with Crippen LogP contribution in [0.3, 0.4) is 0 Å². The molecule has 0 bridgehead atoms. The highest BCUT2D eigenvalue weighted by Crippen LogP contribution is 2.29. The van der Waals surface area contributed by atoms with Gasteiger partial charge in [-0.3, -0.25) is 4.21 Å². The van der Waals surface area contributed by atoms with Crippen LogP contribution < -0.4 is 9.62 Å². The van der Waals surface area contributed by atoms with E-state index in [4.69, 9.17) is 0 Å². The number of nitrogens with zero attached hydrogens (tertiary/aromatic N) is 1. The largest absolute Gasteiger partial charge is 0.760 e. The Morgan fingerprint density at radius 1 is 1.29 bits per heavy atom. The van der Waals surface area contributed by atoms with Gasteiger partial charge in [-0.05, 0) is 43.4 Å². The molecule has 1 aliphatic rings. The Bertz CT molecular complexity index is 635. The second-order valence-corrected chi connectivity index (χ2v) is 6.24. The van der Waals surface area contributed by atoms with E-state index in [-0.39, 0.29) is 0 Å². The van der Waals surface area contributed by atoms with Gasteiger partial charge in [-0.1, -0.05) is 6.07 Å². The lowest BCUT2D eigenvalue weighted by Crippen LogP contribution is -2.29. The van der Waals surface area contributed by atoms with Crippen molar-refractivity contribution in [2.45, 2.75) is 25.7 Å². The van der Waals surface area contributed by atoms with E-state index in [9.17, 15) is 8.76 Å². The topological polar surface area (TPSA) is 71.2 Å². The van der Waals surface area contributed by atoms with Crippen LogP contribution >= 0.6 is 0 Å². The van der Waals surface area contributed by atoms with Crippen LogP contribution in [-0.4, -0.2) is 33.4 Å². The third-order valence-electron chi connectivity index (χ3n) is 4.05. The van der Waals surface area contributed by atoms with Crippen LogP contribution in [0.4, 0.5) is 5.69 Å². The summed E-state index contributed by atoms with van der Waals surface area (Å²) in [6, 6.07) is 6.30. The number of anilines is 1. The molecule has 0 radical (unpaired) electrons. The molecule has 2 N–H and O–H groups in total. The van der Waals surface area contributed by atoms with Crippen LogP contribution in [0.5, 0.6) is 0 Å². The molecule has 0 saturated carbocycles. The zero-order valence-electron chi connectivity index (χ0n) is 11.9. The number of aromatic amines is 1. The molecular formula is C15H20N3O2S-. The lowest BCUT2D eigenvalue weighted by molar-refractivity contribution is 0.523. The third kappa shape index (κ3) is 3.45. The fourth-order valence-electron chi connectivity index (χ4n) is 2.98. The fourth-order valence-corrected chi connectivity index (χ4v) is 3.25. The van der Waals surface area contributed by atoms with E-state index >= 15 is 0 Å². The maximum absolute atomic E-state index is 10.5. The third-order valence-corrected chi connectivity index (χ3v) is 4.49. The molecule has 1 aliphatic heterocycles. The molecule has 2 aromatic rings. The summed E-state index contributed by atoms with van der Waals surface area (Å²) in [6.45, 7) is 2.67. The summed E-state index contributed by atoms with van der Waals surface area (Å²) < 4.78 is 23.4. The first-order chi connectivity index (χ1) is 10.2. The van der Waals surface area contributed by atoms with Gasteiger partial charge >= 0.3 is 0 Å². The van der Waals surface area contributed by atoms with Crippen LogP contribution in [0.15, 0.2) is 24.4 Å². The minimum absolute atomic E-state index is 0.436. The highest BCUT2D eigenvalue weighted by atomic mass is 32.2. The molecule has 2 heterocycles. The maximum atomic E-state index is 10.5. The Morgan fingerprint density at radius 2 is 2.10 bits per heavy atom.